The van der Waals surface area contributed by atoms with Gasteiger partial charge < -0.3 is 34.2 Å². The average Bonchev–Trinajstić information content (AvgIpc) is 2.68. The Morgan fingerprint density at radius 2 is 1.48 bits per heavy atom. The van der Waals surface area contributed by atoms with Crippen molar-refractivity contribution in [3.63, 3.8) is 0 Å². The highest BCUT2D eigenvalue weighted by atomic mass is 32.5. The lowest BCUT2D eigenvalue weighted by Crippen LogP contribution is -2.43. The summed E-state index contributed by atoms with van der Waals surface area (Å²) in [6.45, 7) is 1.27. The Bertz CT molecular complexity index is 1070. The summed E-state index contributed by atoms with van der Waals surface area (Å²) in [6.07, 6.45) is -0.973. The fraction of sp³-hybridized carbons (Fsp3) is 0.429. The van der Waals surface area contributed by atoms with E-state index in [9.17, 15) is 19.7 Å². The van der Waals surface area contributed by atoms with E-state index >= 15 is 0 Å². The Balaban J connectivity index is 2.54. The fourth-order valence-corrected chi connectivity index (χ4v) is 6.07. The van der Waals surface area contributed by atoms with Gasteiger partial charge in [0.25, 0.3) is 0 Å². The molecule has 0 bridgehead atoms. The highest BCUT2D eigenvalue weighted by Gasteiger charge is 2.44. The van der Waals surface area contributed by atoms with E-state index in [2.05, 4.69) is 4.31 Å². The first-order valence-electron chi connectivity index (χ1n) is 9.99. The number of rotatable bonds is 11. The van der Waals surface area contributed by atoms with Crippen LogP contribution in [0, 0.1) is 33.1 Å². The van der Waals surface area contributed by atoms with Crippen molar-refractivity contribution in [3.05, 3.63) is 64.2 Å². The molecular weight excluding hydrogens is 490 g/mol. The molecule has 0 radical (unpaired) electrons. The normalized spacial score (nSPS) is 15.2. The third-order valence-corrected chi connectivity index (χ3v) is 8.24. The number of phosphoric acid groups is 1. The van der Waals surface area contributed by atoms with E-state index in [1.165, 1.54) is 0 Å². The Labute approximate surface area is 198 Å². The van der Waals surface area contributed by atoms with Crippen molar-refractivity contribution in [1.29, 1.82) is 0 Å². The lowest BCUT2D eigenvalue weighted by atomic mass is 9.79. The Hall–Kier alpha value is -1.16. The van der Waals surface area contributed by atoms with Gasteiger partial charge in [0.15, 0.2) is 0 Å². The third kappa shape index (κ3) is 7.67. The molecule has 0 aromatic heterocycles. The highest BCUT2D eigenvalue weighted by molar-refractivity contribution is 8.08. The van der Waals surface area contributed by atoms with E-state index < -0.39 is 45.9 Å². The average molecular weight is 520 g/mol. The standard InChI is InChI=1S/C21H30O9P2S/c1-14-5-7-18(16(3)9-14)20(29-19-8-6-15(2)10-17(19)4)21(11-22,12-23)13-28-32(27,33)30-31(24,25)26/h5-10,20,22-23H,11-13H2,1-4H3,(H,27,33)(H2,24,25,26). The van der Waals surface area contributed by atoms with E-state index in [1.54, 1.807) is 12.1 Å². The van der Waals surface area contributed by atoms with Crippen molar-refractivity contribution in [2.45, 2.75) is 33.8 Å². The maximum absolute atomic E-state index is 11.1. The summed E-state index contributed by atoms with van der Waals surface area (Å²) in [7, 11) is -5.13. The van der Waals surface area contributed by atoms with E-state index in [0.717, 1.165) is 22.3 Å². The number of aliphatic hydroxyl groups is 2. The Kier molecular flexibility index (Phi) is 9.41. The molecule has 0 aliphatic carbocycles. The molecule has 0 saturated heterocycles. The van der Waals surface area contributed by atoms with Gasteiger partial charge in [0.1, 0.15) is 11.9 Å². The molecule has 0 aliphatic rings. The molecule has 2 aromatic carbocycles. The van der Waals surface area contributed by atoms with Gasteiger partial charge in [-0.3, -0.25) is 0 Å². The zero-order valence-corrected chi connectivity index (χ0v) is 21.4. The molecule has 33 heavy (non-hydrogen) atoms. The van der Waals surface area contributed by atoms with Crippen LogP contribution in [0.3, 0.4) is 0 Å². The Morgan fingerprint density at radius 3 is 1.97 bits per heavy atom. The third-order valence-electron chi connectivity index (χ3n) is 5.19. The lowest BCUT2D eigenvalue weighted by Gasteiger charge is -2.39. The second-order valence-electron chi connectivity index (χ2n) is 8.12. The molecule has 0 saturated carbocycles. The van der Waals surface area contributed by atoms with Crippen LogP contribution in [0.25, 0.3) is 0 Å². The molecule has 0 amide bonds. The van der Waals surface area contributed by atoms with Crippen LogP contribution >= 0.6 is 14.5 Å². The molecule has 184 valence electrons. The molecule has 2 atom stereocenters. The lowest BCUT2D eigenvalue weighted by molar-refractivity contribution is -0.0703. The minimum absolute atomic E-state index is 0.506. The smallest absolute Gasteiger partial charge is 0.476 e. The molecule has 5 N–H and O–H groups in total. The van der Waals surface area contributed by atoms with Crippen LogP contribution in [0.4, 0.5) is 0 Å². The number of aryl methyl sites for hydroxylation is 4. The van der Waals surface area contributed by atoms with Gasteiger partial charge in [-0.2, -0.15) is 0 Å². The van der Waals surface area contributed by atoms with Crippen LogP contribution in [-0.4, -0.2) is 44.7 Å². The van der Waals surface area contributed by atoms with Crippen molar-refractivity contribution < 1.29 is 43.0 Å². The molecular formula is C21H30O9P2S. The summed E-state index contributed by atoms with van der Waals surface area (Å²) >= 11 is 4.69. The molecule has 2 aromatic rings. The first-order chi connectivity index (χ1) is 15.2. The van der Waals surface area contributed by atoms with Crippen LogP contribution in [0.2, 0.25) is 0 Å². The molecule has 0 heterocycles. The van der Waals surface area contributed by atoms with E-state index in [0.29, 0.717) is 11.3 Å². The predicted molar refractivity (Wildman–Crippen MR) is 127 cm³/mol. The summed E-state index contributed by atoms with van der Waals surface area (Å²) in [5.74, 6) is 0.506. The molecule has 0 fully saturated rings. The number of ether oxygens (including phenoxy) is 1. The predicted octanol–water partition coefficient (Wildman–Crippen LogP) is 3.35. The van der Waals surface area contributed by atoms with Crippen molar-refractivity contribution in [2.75, 3.05) is 19.8 Å². The van der Waals surface area contributed by atoms with Crippen molar-refractivity contribution in [3.8, 4) is 5.75 Å². The highest BCUT2D eigenvalue weighted by Crippen LogP contribution is 2.58. The Morgan fingerprint density at radius 1 is 0.939 bits per heavy atom. The minimum atomic E-state index is -5.13. The van der Waals surface area contributed by atoms with Crippen LogP contribution in [0.15, 0.2) is 36.4 Å². The number of hydrogen-bond acceptors (Lipinski definition) is 7. The maximum atomic E-state index is 11.1. The van der Waals surface area contributed by atoms with Gasteiger partial charge >= 0.3 is 14.5 Å². The van der Waals surface area contributed by atoms with E-state index in [4.69, 9.17) is 30.9 Å². The number of aliphatic hydroxyl groups excluding tert-OH is 2. The zero-order valence-electron chi connectivity index (χ0n) is 18.8. The van der Waals surface area contributed by atoms with Gasteiger partial charge in [0.05, 0.1) is 25.2 Å². The molecule has 0 aliphatic heterocycles. The van der Waals surface area contributed by atoms with E-state index in [1.807, 2.05) is 52.0 Å². The van der Waals surface area contributed by atoms with Crippen LogP contribution < -0.4 is 4.74 Å². The van der Waals surface area contributed by atoms with Crippen molar-refractivity contribution in [2.24, 2.45) is 5.41 Å². The topological polar surface area (TPSA) is 146 Å². The SMILES string of the molecule is Cc1ccc(OC(c2ccc(C)cc2C)C(CO)(CO)COP(O)(=S)OP(=O)(O)O)c(C)c1. The van der Waals surface area contributed by atoms with Gasteiger partial charge in [-0.25, -0.2) is 8.88 Å². The quantitative estimate of drug-likeness (QED) is 0.280. The summed E-state index contributed by atoms with van der Waals surface area (Å²) in [5, 5.41) is 20.7. The van der Waals surface area contributed by atoms with Gasteiger partial charge in [-0.05, 0) is 62.3 Å². The molecule has 2 rings (SSSR count). The van der Waals surface area contributed by atoms with Crippen LogP contribution in [0.1, 0.15) is 33.9 Å². The summed E-state index contributed by atoms with van der Waals surface area (Å²) < 4.78 is 26.8. The molecule has 0 spiro atoms. The van der Waals surface area contributed by atoms with Crippen LogP contribution in [-0.2, 0) is 25.2 Å². The monoisotopic (exact) mass is 520 g/mol. The van der Waals surface area contributed by atoms with Crippen molar-refractivity contribution >= 4 is 26.3 Å². The second-order valence-corrected chi connectivity index (χ2v) is 12.3. The molecule has 2 unspecified atom stereocenters. The van der Waals surface area contributed by atoms with Gasteiger partial charge in [-0.1, -0.05) is 41.5 Å². The summed E-state index contributed by atoms with van der Waals surface area (Å²) in [6, 6.07) is 11.1. The van der Waals surface area contributed by atoms with Gasteiger partial charge in [0.2, 0.25) is 0 Å². The molecule has 9 nitrogen and oxygen atoms in total. The summed E-state index contributed by atoms with van der Waals surface area (Å²) in [5.41, 5.74) is 2.77. The van der Waals surface area contributed by atoms with Crippen LogP contribution in [0.5, 0.6) is 5.75 Å². The van der Waals surface area contributed by atoms with E-state index in [-0.39, 0.29) is 0 Å². The summed E-state index contributed by atoms with van der Waals surface area (Å²) in [4.78, 5) is 28.1. The second kappa shape index (κ2) is 11.1. The number of benzene rings is 2. The van der Waals surface area contributed by atoms with Gasteiger partial charge in [-0.15, -0.1) is 0 Å². The largest absolute Gasteiger partial charge is 0.485 e. The molecule has 12 heteroatoms. The minimum Gasteiger partial charge on any atom is -0.485 e. The fourth-order valence-electron chi connectivity index (χ4n) is 3.45. The first-order valence-corrected chi connectivity index (χ1v) is 14.1. The maximum Gasteiger partial charge on any atom is 0.476 e. The van der Waals surface area contributed by atoms with Crippen molar-refractivity contribution in [1.82, 2.24) is 0 Å². The first kappa shape index (κ1) is 28.1. The van der Waals surface area contributed by atoms with Gasteiger partial charge in [0, 0.05) is 0 Å². The number of hydrogen-bond donors (Lipinski definition) is 5. The zero-order chi connectivity index (χ0) is 25.0.